The third-order valence-corrected chi connectivity index (χ3v) is 1.65. The minimum Gasteiger partial charge on any atom is -0.351 e. The summed E-state index contributed by atoms with van der Waals surface area (Å²) in [6, 6.07) is 5.28. The van der Waals surface area contributed by atoms with E-state index in [9.17, 15) is 14.9 Å². The number of non-ortho nitro benzene ring substituents is 1. The van der Waals surface area contributed by atoms with Crippen LogP contribution < -0.4 is 16.6 Å². The van der Waals surface area contributed by atoms with Crippen molar-refractivity contribution in [3.8, 4) is 0 Å². The number of carbonyl (C=O) groups excluding carboxylic acids is 1. The molecule has 0 saturated carbocycles. The van der Waals surface area contributed by atoms with Gasteiger partial charge < -0.3 is 5.73 Å². The van der Waals surface area contributed by atoms with Crippen LogP contribution in [0.15, 0.2) is 24.3 Å². The summed E-state index contributed by atoms with van der Waals surface area (Å²) in [5.74, 6) is 0. The summed E-state index contributed by atoms with van der Waals surface area (Å²) in [6.07, 6.45) is 0. The van der Waals surface area contributed by atoms with Gasteiger partial charge in [-0.1, -0.05) is 12.1 Å². The number of nitro groups is 1. The van der Waals surface area contributed by atoms with Gasteiger partial charge in [0, 0.05) is 18.7 Å². The highest BCUT2D eigenvalue weighted by molar-refractivity contribution is 5.85. The van der Waals surface area contributed by atoms with Crippen LogP contribution in [-0.4, -0.2) is 11.0 Å². The molecule has 0 fully saturated rings. The van der Waals surface area contributed by atoms with E-state index in [-0.39, 0.29) is 18.1 Å². The summed E-state index contributed by atoms with van der Waals surface area (Å²) in [5, 5.41) is 10.3. The van der Waals surface area contributed by atoms with Crippen molar-refractivity contribution in [1.29, 1.82) is 0 Å². The molecule has 1 aromatic carbocycles. The molecule has 16 heavy (non-hydrogen) atoms. The van der Waals surface area contributed by atoms with Crippen LogP contribution in [-0.2, 0) is 6.54 Å². The lowest BCUT2D eigenvalue weighted by Crippen LogP contribution is -2.40. The molecule has 88 valence electrons. The van der Waals surface area contributed by atoms with Crippen LogP contribution in [0.25, 0.3) is 0 Å². The van der Waals surface area contributed by atoms with E-state index < -0.39 is 11.0 Å². The number of urea groups is 1. The Hall–Kier alpha value is -1.86. The molecule has 1 aromatic rings. The molecule has 1 rings (SSSR count). The second kappa shape index (κ2) is 6.59. The number of hydrogen-bond acceptors (Lipinski definition) is 4. The van der Waals surface area contributed by atoms with Gasteiger partial charge in [-0.3, -0.25) is 15.5 Å². The lowest BCUT2D eigenvalue weighted by Gasteiger charge is -2.03. The number of amides is 2. The van der Waals surface area contributed by atoms with Crippen molar-refractivity contribution >= 4 is 24.1 Å². The van der Waals surface area contributed by atoms with Crippen molar-refractivity contribution in [3.63, 3.8) is 0 Å². The number of rotatable bonds is 4. The minimum atomic E-state index is -0.683. The van der Waals surface area contributed by atoms with Gasteiger partial charge in [0.25, 0.3) is 5.69 Å². The highest BCUT2D eigenvalue weighted by Crippen LogP contribution is 2.11. The van der Waals surface area contributed by atoms with Crippen LogP contribution in [0, 0.1) is 10.1 Å². The highest BCUT2D eigenvalue weighted by Gasteiger charge is 2.03. The zero-order chi connectivity index (χ0) is 11.3. The largest absolute Gasteiger partial charge is 0.351 e. The molecular formula is C8H11ClN4O3. The Bertz CT molecular complexity index is 368. The molecule has 0 aromatic heterocycles. The van der Waals surface area contributed by atoms with Crippen LogP contribution in [0.1, 0.15) is 5.56 Å². The van der Waals surface area contributed by atoms with E-state index in [0.29, 0.717) is 6.54 Å². The van der Waals surface area contributed by atoms with E-state index >= 15 is 0 Å². The molecule has 0 saturated heterocycles. The Morgan fingerprint density at radius 1 is 1.38 bits per heavy atom. The first-order chi connectivity index (χ1) is 7.09. The summed E-state index contributed by atoms with van der Waals surface area (Å²) in [6.45, 7) is 0.348. The van der Waals surface area contributed by atoms with Gasteiger partial charge >= 0.3 is 6.03 Å². The Labute approximate surface area is 97.5 Å². The molecular weight excluding hydrogens is 236 g/mol. The van der Waals surface area contributed by atoms with Crippen molar-refractivity contribution < 1.29 is 9.72 Å². The van der Waals surface area contributed by atoms with Crippen molar-refractivity contribution in [2.24, 2.45) is 5.73 Å². The number of nitrogens with two attached hydrogens (primary N) is 1. The van der Waals surface area contributed by atoms with Gasteiger partial charge in [0.2, 0.25) is 0 Å². The lowest BCUT2D eigenvalue weighted by molar-refractivity contribution is -0.384. The lowest BCUT2D eigenvalue weighted by atomic mass is 10.2. The van der Waals surface area contributed by atoms with E-state index in [0.717, 1.165) is 5.56 Å². The first-order valence-electron chi connectivity index (χ1n) is 4.11. The fraction of sp³-hybridized carbons (Fsp3) is 0.125. The number of halogens is 1. The molecule has 0 unspecified atom stereocenters. The topological polar surface area (TPSA) is 110 Å². The summed E-state index contributed by atoms with van der Waals surface area (Å²) in [7, 11) is 0. The predicted octanol–water partition coefficient (Wildman–Crippen LogP) is 0.690. The summed E-state index contributed by atoms with van der Waals surface area (Å²) >= 11 is 0. The molecule has 0 aliphatic rings. The Balaban J connectivity index is 0.00000225. The van der Waals surface area contributed by atoms with Gasteiger partial charge in [-0.15, -0.1) is 12.4 Å². The third-order valence-electron chi connectivity index (χ3n) is 1.65. The number of benzene rings is 1. The van der Waals surface area contributed by atoms with Crippen LogP contribution >= 0.6 is 12.4 Å². The summed E-state index contributed by atoms with van der Waals surface area (Å²) in [4.78, 5) is 20.2. The monoisotopic (exact) mass is 246 g/mol. The van der Waals surface area contributed by atoms with Gasteiger partial charge in [0.05, 0.1) is 4.92 Å². The van der Waals surface area contributed by atoms with Crippen LogP contribution in [0.4, 0.5) is 10.5 Å². The molecule has 0 spiro atoms. The first-order valence-corrected chi connectivity index (χ1v) is 4.11. The van der Waals surface area contributed by atoms with E-state index in [1.807, 2.05) is 0 Å². The van der Waals surface area contributed by atoms with Gasteiger partial charge in [-0.05, 0) is 5.56 Å². The average molecular weight is 247 g/mol. The van der Waals surface area contributed by atoms with Crippen LogP contribution in [0.5, 0.6) is 0 Å². The average Bonchev–Trinajstić information content (AvgIpc) is 2.18. The van der Waals surface area contributed by atoms with E-state index in [2.05, 4.69) is 10.9 Å². The smallest absolute Gasteiger partial charge is 0.326 e. The maximum Gasteiger partial charge on any atom is 0.326 e. The molecule has 4 N–H and O–H groups in total. The van der Waals surface area contributed by atoms with Gasteiger partial charge in [0.15, 0.2) is 0 Å². The maximum absolute atomic E-state index is 10.3. The van der Waals surface area contributed by atoms with Crippen LogP contribution in [0.3, 0.4) is 0 Å². The number of hydrogen-bond donors (Lipinski definition) is 3. The van der Waals surface area contributed by atoms with E-state index in [1.165, 1.54) is 12.1 Å². The molecule has 2 amide bonds. The second-order valence-electron chi connectivity index (χ2n) is 2.77. The molecule has 0 aliphatic carbocycles. The zero-order valence-corrected chi connectivity index (χ0v) is 8.99. The molecule has 8 heteroatoms. The fourth-order valence-corrected chi connectivity index (χ4v) is 0.969. The predicted molar refractivity (Wildman–Crippen MR) is 59.9 cm³/mol. The van der Waals surface area contributed by atoms with Crippen molar-refractivity contribution in [2.45, 2.75) is 6.54 Å². The number of primary amides is 1. The fourth-order valence-electron chi connectivity index (χ4n) is 0.969. The first kappa shape index (κ1) is 14.1. The SMILES string of the molecule is Cl.NC(=O)NNCc1ccc([N+](=O)[O-])cc1. The Kier molecular flexibility index (Phi) is 5.83. The summed E-state index contributed by atoms with van der Waals surface area (Å²) < 4.78 is 0. The molecule has 0 heterocycles. The zero-order valence-electron chi connectivity index (χ0n) is 8.17. The Morgan fingerprint density at radius 3 is 2.38 bits per heavy atom. The normalized spacial score (nSPS) is 9.00. The molecule has 0 radical (unpaired) electrons. The van der Waals surface area contributed by atoms with Gasteiger partial charge in [-0.25, -0.2) is 10.2 Å². The summed E-state index contributed by atoms with van der Waals surface area (Å²) in [5.41, 5.74) is 10.4. The standard InChI is InChI=1S/C8H10N4O3.ClH/c9-8(13)11-10-5-6-1-3-7(4-2-6)12(14)15;/h1-4,10H,5H2,(H3,9,11,13);1H. The molecule has 0 aliphatic heterocycles. The van der Waals surface area contributed by atoms with Crippen LogP contribution in [0.2, 0.25) is 0 Å². The van der Waals surface area contributed by atoms with Gasteiger partial charge in [-0.2, -0.15) is 0 Å². The van der Waals surface area contributed by atoms with Crippen molar-refractivity contribution in [1.82, 2.24) is 10.9 Å². The number of nitro benzene ring substituents is 1. The highest BCUT2D eigenvalue weighted by atomic mass is 35.5. The quantitative estimate of drug-likeness (QED) is 0.536. The van der Waals surface area contributed by atoms with Crippen molar-refractivity contribution in [3.05, 3.63) is 39.9 Å². The molecule has 7 nitrogen and oxygen atoms in total. The number of nitrogens with one attached hydrogen (secondary N) is 2. The van der Waals surface area contributed by atoms with Gasteiger partial charge in [0.1, 0.15) is 0 Å². The molecule has 0 atom stereocenters. The van der Waals surface area contributed by atoms with E-state index in [1.54, 1.807) is 12.1 Å². The number of hydrazine groups is 1. The number of carbonyl (C=O) groups is 1. The Morgan fingerprint density at radius 2 is 1.94 bits per heavy atom. The van der Waals surface area contributed by atoms with E-state index in [4.69, 9.17) is 5.73 Å². The van der Waals surface area contributed by atoms with Crippen molar-refractivity contribution in [2.75, 3.05) is 0 Å². The molecule has 0 bridgehead atoms. The minimum absolute atomic E-state index is 0. The third kappa shape index (κ3) is 4.58. The number of nitrogens with zero attached hydrogens (tertiary/aromatic N) is 1. The second-order valence-corrected chi connectivity index (χ2v) is 2.77. The maximum atomic E-state index is 10.3.